The van der Waals surface area contributed by atoms with Gasteiger partial charge in [0.15, 0.2) is 0 Å². The predicted octanol–water partition coefficient (Wildman–Crippen LogP) is 2.51. The molecule has 2 aromatic carbocycles. The van der Waals surface area contributed by atoms with Crippen molar-refractivity contribution in [2.24, 2.45) is 0 Å². The van der Waals surface area contributed by atoms with Crippen molar-refractivity contribution >= 4 is 12.1 Å². The number of aliphatic hydroxyl groups is 2. The first kappa shape index (κ1) is 20.8. The van der Waals surface area contributed by atoms with E-state index < -0.39 is 29.7 Å². The maximum absolute atomic E-state index is 11.8. The Kier molecular flexibility index (Phi) is 6.51. The van der Waals surface area contributed by atoms with E-state index in [0.717, 1.165) is 5.56 Å². The second kappa shape index (κ2) is 9.07. The number of hydrogen-bond acceptors (Lipinski definition) is 5. The number of alkyl carbamates (subject to hydrolysis) is 1. The first-order chi connectivity index (χ1) is 13.9. The molecule has 0 heterocycles. The van der Waals surface area contributed by atoms with Gasteiger partial charge in [-0.2, -0.15) is 0 Å². The van der Waals surface area contributed by atoms with Crippen LogP contribution in [0.1, 0.15) is 42.1 Å². The Labute approximate surface area is 169 Å². The van der Waals surface area contributed by atoms with E-state index in [1.807, 2.05) is 30.3 Å². The molecule has 0 aliphatic heterocycles. The Morgan fingerprint density at radius 2 is 1.69 bits per heavy atom. The molecule has 7 heteroatoms. The molecule has 1 saturated carbocycles. The highest BCUT2D eigenvalue weighted by atomic mass is 16.5. The molecule has 154 valence electrons. The third kappa shape index (κ3) is 4.93. The van der Waals surface area contributed by atoms with Crippen LogP contribution in [-0.4, -0.2) is 40.0 Å². The molecular weight excluding hydrogens is 374 g/mol. The van der Waals surface area contributed by atoms with Crippen LogP contribution in [-0.2, 0) is 21.6 Å². The van der Waals surface area contributed by atoms with Gasteiger partial charge < -0.3 is 25.4 Å². The molecule has 0 aromatic heterocycles. The molecule has 1 aliphatic carbocycles. The zero-order valence-corrected chi connectivity index (χ0v) is 16.0. The third-order valence-electron chi connectivity index (χ3n) is 5.24. The predicted molar refractivity (Wildman–Crippen MR) is 105 cm³/mol. The molecule has 7 nitrogen and oxygen atoms in total. The monoisotopic (exact) mass is 399 g/mol. The average molecular weight is 399 g/mol. The summed E-state index contributed by atoms with van der Waals surface area (Å²) in [6.45, 7) is 0.251. The van der Waals surface area contributed by atoms with E-state index in [4.69, 9.17) is 4.74 Å². The molecule has 2 aromatic rings. The van der Waals surface area contributed by atoms with Gasteiger partial charge in [-0.3, -0.25) is 4.79 Å². The van der Waals surface area contributed by atoms with Gasteiger partial charge in [-0.1, -0.05) is 54.6 Å². The van der Waals surface area contributed by atoms with Crippen LogP contribution in [0.15, 0.2) is 54.6 Å². The summed E-state index contributed by atoms with van der Waals surface area (Å²) in [6, 6.07) is 16.0. The molecule has 2 atom stereocenters. The van der Waals surface area contributed by atoms with Gasteiger partial charge in [0.1, 0.15) is 12.7 Å². The number of nitrogens with one attached hydrogen (secondary N) is 1. The number of carbonyl (C=O) groups is 2. The first-order valence-corrected chi connectivity index (χ1v) is 9.57. The Bertz CT molecular complexity index is 849. The van der Waals surface area contributed by atoms with Crippen LogP contribution in [0.25, 0.3) is 0 Å². The number of aliphatic hydroxyl groups excluding tert-OH is 2. The second-order valence-electron chi connectivity index (χ2n) is 7.26. The fourth-order valence-corrected chi connectivity index (χ4v) is 3.38. The van der Waals surface area contributed by atoms with Gasteiger partial charge in [0.05, 0.1) is 11.5 Å². The van der Waals surface area contributed by atoms with Crippen LogP contribution in [0.5, 0.6) is 0 Å². The molecule has 1 aliphatic rings. The summed E-state index contributed by atoms with van der Waals surface area (Å²) in [5.41, 5.74) is 0.833. The van der Waals surface area contributed by atoms with E-state index in [-0.39, 0.29) is 19.6 Å². The highest BCUT2D eigenvalue weighted by Crippen LogP contribution is 2.50. The van der Waals surface area contributed by atoms with Crippen LogP contribution in [0.4, 0.5) is 4.79 Å². The lowest BCUT2D eigenvalue weighted by molar-refractivity contribution is -0.140. The molecule has 1 fully saturated rings. The number of carboxylic acids is 1. The number of aliphatic carboxylic acids is 1. The fourth-order valence-electron chi connectivity index (χ4n) is 3.38. The molecule has 0 radical (unpaired) electrons. The Morgan fingerprint density at radius 1 is 1.03 bits per heavy atom. The van der Waals surface area contributed by atoms with Crippen LogP contribution in [0.3, 0.4) is 0 Å². The van der Waals surface area contributed by atoms with Crippen LogP contribution < -0.4 is 5.32 Å². The van der Waals surface area contributed by atoms with E-state index in [1.54, 1.807) is 24.3 Å². The minimum absolute atomic E-state index is 0.0933. The van der Waals surface area contributed by atoms with Crippen molar-refractivity contribution < 1.29 is 29.6 Å². The Balaban J connectivity index is 1.51. The lowest BCUT2D eigenvalue weighted by atomic mass is 9.87. The van der Waals surface area contributed by atoms with E-state index >= 15 is 0 Å². The smallest absolute Gasteiger partial charge is 0.407 e. The number of hydrogen-bond donors (Lipinski definition) is 4. The van der Waals surface area contributed by atoms with E-state index in [0.29, 0.717) is 24.0 Å². The zero-order valence-electron chi connectivity index (χ0n) is 16.0. The van der Waals surface area contributed by atoms with Gasteiger partial charge in [-0.25, -0.2) is 4.79 Å². The van der Waals surface area contributed by atoms with E-state index in [2.05, 4.69) is 5.32 Å². The molecule has 0 bridgehead atoms. The third-order valence-corrected chi connectivity index (χ3v) is 5.24. The summed E-state index contributed by atoms with van der Waals surface area (Å²) in [5, 5.41) is 33.0. The van der Waals surface area contributed by atoms with Gasteiger partial charge in [-0.15, -0.1) is 0 Å². The summed E-state index contributed by atoms with van der Waals surface area (Å²) in [5.74, 6) is -0.922. The summed E-state index contributed by atoms with van der Waals surface area (Å²) in [6.07, 6.45) is -1.90. The minimum atomic E-state index is -1.25. The fraction of sp³-hybridized carbons (Fsp3) is 0.364. The normalized spacial score (nSPS) is 16.5. The number of carbonyl (C=O) groups excluding carboxylic acids is 1. The molecule has 1 amide bonds. The standard InChI is InChI=1S/C22H25NO6/c24-18(10-13-23-21(28)29-14-15-6-2-1-3-7-15)19(25)16-8-4-5-9-17(16)22(11-12-22)20(26)27/h1-9,18-19,24-25H,10-14H2,(H,23,28)(H,26,27). The van der Waals surface area contributed by atoms with Crippen molar-refractivity contribution in [3.8, 4) is 0 Å². The van der Waals surface area contributed by atoms with Crippen molar-refractivity contribution in [1.29, 1.82) is 0 Å². The highest BCUT2D eigenvalue weighted by Gasteiger charge is 2.53. The van der Waals surface area contributed by atoms with Crippen molar-refractivity contribution in [2.75, 3.05) is 6.54 Å². The van der Waals surface area contributed by atoms with Crippen LogP contribution in [0, 0.1) is 0 Å². The van der Waals surface area contributed by atoms with Gasteiger partial charge in [0.25, 0.3) is 0 Å². The van der Waals surface area contributed by atoms with Gasteiger partial charge in [0.2, 0.25) is 0 Å². The lowest BCUT2D eigenvalue weighted by Gasteiger charge is -2.23. The molecule has 4 N–H and O–H groups in total. The highest BCUT2D eigenvalue weighted by molar-refractivity contribution is 5.85. The topological polar surface area (TPSA) is 116 Å². The van der Waals surface area contributed by atoms with E-state index in [9.17, 15) is 24.9 Å². The molecule has 3 rings (SSSR count). The van der Waals surface area contributed by atoms with E-state index in [1.165, 1.54) is 0 Å². The summed E-state index contributed by atoms with van der Waals surface area (Å²) < 4.78 is 5.09. The Hall–Kier alpha value is -2.90. The van der Waals surface area contributed by atoms with Crippen LogP contribution >= 0.6 is 0 Å². The second-order valence-corrected chi connectivity index (χ2v) is 7.26. The summed E-state index contributed by atoms with van der Waals surface area (Å²) >= 11 is 0. The largest absolute Gasteiger partial charge is 0.481 e. The SMILES string of the molecule is O=C(NCCC(O)C(O)c1ccccc1C1(C(=O)O)CC1)OCc1ccccc1. The molecule has 29 heavy (non-hydrogen) atoms. The lowest BCUT2D eigenvalue weighted by Crippen LogP contribution is -2.31. The van der Waals surface area contributed by atoms with Crippen molar-refractivity contribution in [3.63, 3.8) is 0 Å². The maximum Gasteiger partial charge on any atom is 0.407 e. The van der Waals surface area contributed by atoms with Gasteiger partial charge in [0, 0.05) is 6.54 Å². The molecule has 0 spiro atoms. The number of amides is 1. The first-order valence-electron chi connectivity index (χ1n) is 9.57. The average Bonchev–Trinajstić information content (AvgIpc) is 3.54. The molecular formula is C22H25NO6. The number of benzene rings is 2. The van der Waals surface area contributed by atoms with Gasteiger partial charge >= 0.3 is 12.1 Å². The van der Waals surface area contributed by atoms with Crippen molar-refractivity contribution in [2.45, 2.75) is 43.5 Å². The minimum Gasteiger partial charge on any atom is -0.481 e. The molecule has 0 saturated heterocycles. The van der Waals surface area contributed by atoms with Crippen LogP contribution in [0.2, 0.25) is 0 Å². The van der Waals surface area contributed by atoms with Gasteiger partial charge in [-0.05, 0) is 36.0 Å². The Morgan fingerprint density at radius 3 is 2.34 bits per heavy atom. The zero-order chi connectivity index (χ0) is 20.9. The summed E-state index contributed by atoms with van der Waals surface area (Å²) in [7, 11) is 0. The maximum atomic E-state index is 11.8. The number of rotatable bonds is 9. The number of ether oxygens (including phenoxy) is 1. The van der Waals surface area contributed by atoms with Crippen molar-refractivity contribution in [1.82, 2.24) is 5.32 Å². The van der Waals surface area contributed by atoms with Crippen molar-refractivity contribution in [3.05, 3.63) is 71.3 Å². The quantitative estimate of drug-likeness (QED) is 0.515. The summed E-state index contributed by atoms with van der Waals surface area (Å²) in [4.78, 5) is 23.4. The molecule has 2 unspecified atom stereocenters. The number of carboxylic acid groups (broad SMARTS) is 1.